The number of benzene rings is 2. The summed E-state index contributed by atoms with van der Waals surface area (Å²) in [6.07, 6.45) is 5.77. The molecule has 2 aromatic carbocycles. The van der Waals surface area contributed by atoms with Crippen LogP contribution in [-0.4, -0.2) is 13.4 Å². The van der Waals surface area contributed by atoms with Gasteiger partial charge in [0, 0.05) is 0 Å². The van der Waals surface area contributed by atoms with E-state index in [-0.39, 0.29) is 0 Å². The fourth-order valence-corrected chi connectivity index (χ4v) is 3.27. The predicted octanol–water partition coefficient (Wildman–Crippen LogP) is 4.74. The zero-order chi connectivity index (χ0) is 16.1. The lowest BCUT2D eigenvalue weighted by molar-refractivity contribution is 0.111. The number of carbonyl (C=O) groups excluding carboxylic acids is 1. The van der Waals surface area contributed by atoms with Crippen LogP contribution in [-0.2, 0) is 6.61 Å². The van der Waals surface area contributed by atoms with Crippen LogP contribution in [0.15, 0.2) is 42.5 Å². The second-order valence-electron chi connectivity index (χ2n) is 6.00. The Balaban J connectivity index is 1.81. The van der Waals surface area contributed by atoms with Gasteiger partial charge in [-0.2, -0.15) is 0 Å². The van der Waals surface area contributed by atoms with Gasteiger partial charge >= 0.3 is 0 Å². The van der Waals surface area contributed by atoms with Crippen LogP contribution in [0.5, 0.6) is 11.5 Å². The molecule has 1 saturated carbocycles. The van der Waals surface area contributed by atoms with Crippen molar-refractivity contribution < 1.29 is 14.3 Å². The Morgan fingerprint density at radius 1 is 1.09 bits per heavy atom. The van der Waals surface area contributed by atoms with E-state index in [2.05, 4.69) is 6.07 Å². The van der Waals surface area contributed by atoms with Crippen LogP contribution >= 0.6 is 0 Å². The zero-order valence-electron chi connectivity index (χ0n) is 13.5. The first-order valence-corrected chi connectivity index (χ1v) is 8.15. The molecule has 0 aliphatic heterocycles. The topological polar surface area (TPSA) is 35.5 Å². The number of aldehydes is 1. The number of hydrogen-bond donors (Lipinski definition) is 0. The Morgan fingerprint density at radius 3 is 2.48 bits per heavy atom. The van der Waals surface area contributed by atoms with Crippen LogP contribution in [0.2, 0.25) is 0 Å². The molecule has 2 aromatic rings. The van der Waals surface area contributed by atoms with E-state index in [1.165, 1.54) is 31.2 Å². The second-order valence-corrected chi connectivity index (χ2v) is 6.00. The highest BCUT2D eigenvalue weighted by atomic mass is 16.5. The van der Waals surface area contributed by atoms with Gasteiger partial charge < -0.3 is 9.47 Å². The van der Waals surface area contributed by atoms with E-state index in [1.54, 1.807) is 7.11 Å². The van der Waals surface area contributed by atoms with Crippen LogP contribution < -0.4 is 9.47 Å². The van der Waals surface area contributed by atoms with Gasteiger partial charge in [0.25, 0.3) is 0 Å². The highest BCUT2D eigenvalue weighted by Crippen LogP contribution is 2.40. The number of rotatable bonds is 6. The third-order valence-electron chi connectivity index (χ3n) is 4.54. The lowest BCUT2D eigenvalue weighted by Gasteiger charge is -2.18. The molecule has 1 aliphatic rings. The highest BCUT2D eigenvalue weighted by molar-refractivity contribution is 5.80. The van der Waals surface area contributed by atoms with Crippen LogP contribution in [0.4, 0.5) is 0 Å². The molecule has 0 unspecified atom stereocenters. The van der Waals surface area contributed by atoms with Crippen molar-refractivity contribution in [3.8, 4) is 11.5 Å². The van der Waals surface area contributed by atoms with Gasteiger partial charge in [-0.3, -0.25) is 4.79 Å². The summed E-state index contributed by atoms with van der Waals surface area (Å²) in [5.41, 5.74) is 2.88. The van der Waals surface area contributed by atoms with Crippen molar-refractivity contribution in [1.29, 1.82) is 0 Å². The Hall–Kier alpha value is -2.29. The molecule has 0 amide bonds. The molecule has 3 rings (SSSR count). The maximum Gasteiger partial charge on any atom is 0.153 e. The summed E-state index contributed by atoms with van der Waals surface area (Å²) in [7, 11) is 1.65. The van der Waals surface area contributed by atoms with Crippen molar-refractivity contribution in [2.75, 3.05) is 7.11 Å². The zero-order valence-corrected chi connectivity index (χ0v) is 13.5. The molecular weight excluding hydrogens is 288 g/mol. The van der Waals surface area contributed by atoms with Gasteiger partial charge in [-0.05, 0) is 48.1 Å². The summed E-state index contributed by atoms with van der Waals surface area (Å²) in [4.78, 5) is 11.4. The molecular formula is C20H22O3. The Kier molecular flexibility index (Phi) is 4.96. The molecule has 0 spiro atoms. The molecule has 0 N–H and O–H groups in total. The molecule has 1 aliphatic carbocycles. The van der Waals surface area contributed by atoms with Crippen LogP contribution in [0, 0.1) is 0 Å². The molecule has 120 valence electrons. The first-order valence-electron chi connectivity index (χ1n) is 8.15. The second kappa shape index (κ2) is 7.32. The predicted molar refractivity (Wildman–Crippen MR) is 90.4 cm³/mol. The fraction of sp³-hybridized carbons (Fsp3) is 0.350. The fourth-order valence-electron chi connectivity index (χ4n) is 3.27. The Morgan fingerprint density at radius 2 is 1.83 bits per heavy atom. The molecule has 0 radical (unpaired) electrons. The van der Waals surface area contributed by atoms with E-state index in [0.29, 0.717) is 18.1 Å². The standard InChI is InChI=1S/C20H22O3/c1-22-18-11-9-15(10-12-18)14-23-20-17(13-21)7-4-8-19(20)16-5-2-3-6-16/h4,7-13,16H,2-3,5-6,14H2,1H3. The summed E-state index contributed by atoms with van der Waals surface area (Å²) >= 11 is 0. The van der Waals surface area contributed by atoms with E-state index >= 15 is 0 Å². The van der Waals surface area contributed by atoms with Gasteiger partial charge in [0.1, 0.15) is 18.1 Å². The summed E-state index contributed by atoms with van der Waals surface area (Å²) in [6.45, 7) is 0.453. The van der Waals surface area contributed by atoms with Crippen molar-refractivity contribution in [3.63, 3.8) is 0 Å². The van der Waals surface area contributed by atoms with Crippen LogP contribution in [0.1, 0.15) is 53.1 Å². The monoisotopic (exact) mass is 310 g/mol. The van der Waals surface area contributed by atoms with E-state index in [0.717, 1.165) is 23.3 Å². The average Bonchev–Trinajstić information content (AvgIpc) is 3.14. The van der Waals surface area contributed by atoms with Gasteiger partial charge in [0.15, 0.2) is 6.29 Å². The third-order valence-corrected chi connectivity index (χ3v) is 4.54. The van der Waals surface area contributed by atoms with Gasteiger partial charge in [-0.1, -0.05) is 37.1 Å². The first kappa shape index (κ1) is 15.6. The van der Waals surface area contributed by atoms with Crippen molar-refractivity contribution in [2.45, 2.75) is 38.2 Å². The lowest BCUT2D eigenvalue weighted by Crippen LogP contribution is -2.04. The summed E-state index contributed by atoms with van der Waals surface area (Å²) in [6, 6.07) is 13.7. The minimum Gasteiger partial charge on any atom is -0.497 e. The van der Waals surface area contributed by atoms with Crippen molar-refractivity contribution in [3.05, 3.63) is 59.2 Å². The van der Waals surface area contributed by atoms with Gasteiger partial charge in [-0.15, -0.1) is 0 Å². The van der Waals surface area contributed by atoms with E-state index in [4.69, 9.17) is 9.47 Å². The molecule has 0 saturated heterocycles. The molecule has 1 fully saturated rings. The van der Waals surface area contributed by atoms with E-state index < -0.39 is 0 Å². The van der Waals surface area contributed by atoms with Gasteiger partial charge in [-0.25, -0.2) is 0 Å². The molecule has 0 bridgehead atoms. The number of ether oxygens (including phenoxy) is 2. The molecule has 23 heavy (non-hydrogen) atoms. The summed E-state index contributed by atoms with van der Waals surface area (Å²) in [5.74, 6) is 2.10. The molecule has 3 heteroatoms. The molecule has 0 heterocycles. The summed E-state index contributed by atoms with van der Waals surface area (Å²) < 4.78 is 11.2. The maximum atomic E-state index is 11.4. The van der Waals surface area contributed by atoms with Crippen molar-refractivity contribution >= 4 is 6.29 Å². The van der Waals surface area contributed by atoms with Gasteiger partial charge in [0.2, 0.25) is 0 Å². The lowest BCUT2D eigenvalue weighted by atomic mass is 9.95. The Labute approximate surface area is 137 Å². The van der Waals surface area contributed by atoms with Crippen LogP contribution in [0.25, 0.3) is 0 Å². The minimum atomic E-state index is 0.453. The van der Waals surface area contributed by atoms with Gasteiger partial charge in [0.05, 0.1) is 12.7 Å². The minimum absolute atomic E-state index is 0.453. The number of carbonyl (C=O) groups is 1. The normalized spacial score (nSPS) is 14.7. The maximum absolute atomic E-state index is 11.4. The smallest absolute Gasteiger partial charge is 0.153 e. The Bertz CT molecular complexity index is 655. The molecule has 0 aromatic heterocycles. The quantitative estimate of drug-likeness (QED) is 0.723. The van der Waals surface area contributed by atoms with Crippen LogP contribution in [0.3, 0.4) is 0 Å². The van der Waals surface area contributed by atoms with Crippen molar-refractivity contribution in [2.24, 2.45) is 0 Å². The SMILES string of the molecule is COc1ccc(COc2c(C=O)cccc2C2CCCC2)cc1. The molecule has 0 atom stereocenters. The number of para-hydroxylation sites is 1. The average molecular weight is 310 g/mol. The van der Waals surface area contributed by atoms with E-state index in [1.807, 2.05) is 36.4 Å². The molecule has 3 nitrogen and oxygen atoms in total. The third kappa shape index (κ3) is 3.55. The number of methoxy groups -OCH3 is 1. The largest absolute Gasteiger partial charge is 0.497 e. The van der Waals surface area contributed by atoms with E-state index in [9.17, 15) is 4.79 Å². The summed E-state index contributed by atoms with van der Waals surface area (Å²) in [5, 5.41) is 0. The number of hydrogen-bond acceptors (Lipinski definition) is 3. The first-order chi connectivity index (χ1) is 11.3. The van der Waals surface area contributed by atoms with Crippen molar-refractivity contribution in [1.82, 2.24) is 0 Å². The highest BCUT2D eigenvalue weighted by Gasteiger charge is 2.22.